The van der Waals surface area contributed by atoms with Crippen molar-refractivity contribution in [2.45, 2.75) is 24.8 Å². The molecular formula is C13H20Cl2N2O3S. The van der Waals surface area contributed by atoms with Gasteiger partial charge >= 0.3 is 0 Å². The van der Waals surface area contributed by atoms with Gasteiger partial charge in [0.1, 0.15) is 4.90 Å². The second-order valence-electron chi connectivity index (χ2n) is 4.44. The molecule has 0 heterocycles. The van der Waals surface area contributed by atoms with E-state index in [0.29, 0.717) is 17.1 Å². The van der Waals surface area contributed by atoms with Gasteiger partial charge in [0.05, 0.1) is 11.6 Å². The molecule has 0 saturated heterocycles. The molecule has 0 saturated carbocycles. The molecule has 1 aromatic rings. The molecule has 8 heteroatoms. The summed E-state index contributed by atoms with van der Waals surface area (Å²) in [5, 5.41) is 3.72. The lowest BCUT2D eigenvalue weighted by molar-refractivity contribution is 0.204. The van der Waals surface area contributed by atoms with Crippen LogP contribution < -0.4 is 10.0 Å². The summed E-state index contributed by atoms with van der Waals surface area (Å²) in [6, 6.07) is 2.96. The van der Waals surface area contributed by atoms with E-state index in [-0.39, 0.29) is 23.1 Å². The van der Waals surface area contributed by atoms with Crippen molar-refractivity contribution in [1.82, 2.24) is 10.0 Å². The summed E-state index contributed by atoms with van der Waals surface area (Å²) in [4.78, 5) is 0.0259. The molecule has 0 aromatic heterocycles. The van der Waals surface area contributed by atoms with Gasteiger partial charge in [-0.2, -0.15) is 0 Å². The van der Waals surface area contributed by atoms with Crippen LogP contribution in [-0.4, -0.2) is 35.2 Å². The number of nitrogens with one attached hydrogen (secondary N) is 2. The highest BCUT2D eigenvalue weighted by Gasteiger charge is 2.19. The van der Waals surface area contributed by atoms with Crippen LogP contribution in [0.1, 0.15) is 18.9 Å². The van der Waals surface area contributed by atoms with Gasteiger partial charge < -0.3 is 10.1 Å². The van der Waals surface area contributed by atoms with Gasteiger partial charge in [0.15, 0.2) is 0 Å². The Labute approximate surface area is 136 Å². The minimum atomic E-state index is -3.68. The van der Waals surface area contributed by atoms with E-state index in [1.54, 1.807) is 0 Å². The number of benzene rings is 1. The summed E-state index contributed by atoms with van der Waals surface area (Å²) in [6.07, 6.45) is 0.981. The Morgan fingerprint density at radius 1 is 1.19 bits per heavy atom. The lowest BCUT2D eigenvalue weighted by Crippen LogP contribution is -2.27. The Hall–Kier alpha value is -0.370. The Balaban J connectivity index is 2.97. The molecule has 0 amide bonds. The van der Waals surface area contributed by atoms with Gasteiger partial charge in [-0.25, -0.2) is 13.1 Å². The molecule has 0 aliphatic rings. The largest absolute Gasteiger partial charge is 0.383 e. The SMILES string of the molecule is CCCNCc1cc(S(=O)(=O)NCCOC)c(Cl)cc1Cl. The maximum Gasteiger partial charge on any atom is 0.242 e. The van der Waals surface area contributed by atoms with E-state index in [0.717, 1.165) is 13.0 Å². The average molecular weight is 355 g/mol. The van der Waals surface area contributed by atoms with Crippen LogP contribution in [0.2, 0.25) is 10.0 Å². The Bertz CT molecular complexity index is 565. The summed E-state index contributed by atoms with van der Waals surface area (Å²) in [5.41, 5.74) is 0.696. The molecule has 0 spiro atoms. The summed E-state index contributed by atoms with van der Waals surface area (Å²) in [6.45, 7) is 3.83. The predicted octanol–water partition coefficient (Wildman–Crippen LogP) is 2.42. The zero-order valence-corrected chi connectivity index (χ0v) is 14.4. The summed E-state index contributed by atoms with van der Waals surface area (Å²) in [5.74, 6) is 0. The number of ether oxygens (including phenoxy) is 1. The molecule has 0 unspecified atom stereocenters. The first-order valence-corrected chi connectivity index (χ1v) is 8.83. The molecule has 0 atom stereocenters. The summed E-state index contributed by atoms with van der Waals surface area (Å²) >= 11 is 12.1. The maximum atomic E-state index is 12.2. The van der Waals surface area contributed by atoms with E-state index in [1.807, 2.05) is 6.92 Å². The van der Waals surface area contributed by atoms with Crippen LogP contribution in [0.4, 0.5) is 0 Å². The minimum absolute atomic E-state index is 0.0259. The van der Waals surface area contributed by atoms with Crippen molar-refractivity contribution >= 4 is 33.2 Å². The van der Waals surface area contributed by atoms with Crippen LogP contribution in [0.25, 0.3) is 0 Å². The van der Waals surface area contributed by atoms with Gasteiger partial charge in [-0.05, 0) is 30.7 Å². The number of hydrogen-bond donors (Lipinski definition) is 2. The third-order valence-electron chi connectivity index (χ3n) is 2.73. The zero-order valence-electron chi connectivity index (χ0n) is 12.1. The monoisotopic (exact) mass is 354 g/mol. The van der Waals surface area contributed by atoms with Crippen molar-refractivity contribution < 1.29 is 13.2 Å². The van der Waals surface area contributed by atoms with E-state index >= 15 is 0 Å². The van der Waals surface area contributed by atoms with Crippen LogP contribution in [0, 0.1) is 0 Å². The van der Waals surface area contributed by atoms with Crippen LogP contribution in [0.5, 0.6) is 0 Å². The number of rotatable bonds is 9. The Morgan fingerprint density at radius 3 is 2.52 bits per heavy atom. The van der Waals surface area contributed by atoms with E-state index in [2.05, 4.69) is 10.0 Å². The lowest BCUT2D eigenvalue weighted by Gasteiger charge is -2.12. The highest BCUT2D eigenvalue weighted by atomic mass is 35.5. The predicted molar refractivity (Wildman–Crippen MR) is 85.5 cm³/mol. The van der Waals surface area contributed by atoms with E-state index in [9.17, 15) is 8.42 Å². The molecule has 0 radical (unpaired) electrons. The molecular weight excluding hydrogens is 335 g/mol. The third kappa shape index (κ3) is 5.73. The van der Waals surface area contributed by atoms with Crippen molar-refractivity contribution in [3.05, 3.63) is 27.7 Å². The van der Waals surface area contributed by atoms with Crippen molar-refractivity contribution in [1.29, 1.82) is 0 Å². The number of halogens is 2. The summed E-state index contributed by atoms with van der Waals surface area (Å²) in [7, 11) is -2.18. The molecule has 5 nitrogen and oxygen atoms in total. The first-order valence-electron chi connectivity index (χ1n) is 6.59. The minimum Gasteiger partial charge on any atom is -0.383 e. The smallest absolute Gasteiger partial charge is 0.242 e. The summed E-state index contributed by atoms with van der Waals surface area (Å²) < 4.78 is 31.7. The molecule has 0 fully saturated rings. The second-order valence-corrected chi connectivity index (χ2v) is 6.99. The second kappa shape index (κ2) is 8.92. The van der Waals surface area contributed by atoms with Gasteiger partial charge in [-0.1, -0.05) is 30.1 Å². The van der Waals surface area contributed by atoms with Gasteiger partial charge in [0.25, 0.3) is 0 Å². The molecule has 120 valence electrons. The van der Waals surface area contributed by atoms with Crippen LogP contribution in [-0.2, 0) is 21.3 Å². The first kappa shape index (κ1) is 18.7. The van der Waals surface area contributed by atoms with Gasteiger partial charge in [-0.15, -0.1) is 0 Å². The van der Waals surface area contributed by atoms with Crippen molar-refractivity contribution in [3.8, 4) is 0 Å². The fraction of sp³-hybridized carbons (Fsp3) is 0.538. The van der Waals surface area contributed by atoms with Crippen molar-refractivity contribution in [3.63, 3.8) is 0 Å². The fourth-order valence-electron chi connectivity index (χ4n) is 1.67. The van der Waals surface area contributed by atoms with Gasteiger partial charge in [0.2, 0.25) is 10.0 Å². The molecule has 0 bridgehead atoms. The van der Waals surface area contributed by atoms with E-state index < -0.39 is 10.0 Å². The normalized spacial score (nSPS) is 11.8. The van der Waals surface area contributed by atoms with Crippen LogP contribution in [0.3, 0.4) is 0 Å². The zero-order chi connectivity index (χ0) is 15.9. The quantitative estimate of drug-likeness (QED) is 0.668. The lowest BCUT2D eigenvalue weighted by atomic mass is 10.2. The molecule has 21 heavy (non-hydrogen) atoms. The number of methoxy groups -OCH3 is 1. The van der Waals surface area contributed by atoms with Crippen molar-refractivity contribution in [2.75, 3.05) is 26.8 Å². The number of hydrogen-bond acceptors (Lipinski definition) is 4. The van der Waals surface area contributed by atoms with Gasteiger partial charge in [0, 0.05) is 25.2 Å². The highest BCUT2D eigenvalue weighted by molar-refractivity contribution is 7.89. The van der Waals surface area contributed by atoms with Crippen LogP contribution in [0.15, 0.2) is 17.0 Å². The highest BCUT2D eigenvalue weighted by Crippen LogP contribution is 2.28. The van der Waals surface area contributed by atoms with Crippen LogP contribution >= 0.6 is 23.2 Å². The third-order valence-corrected chi connectivity index (χ3v) is 5.01. The van der Waals surface area contributed by atoms with Gasteiger partial charge in [-0.3, -0.25) is 0 Å². The molecule has 1 aromatic carbocycles. The van der Waals surface area contributed by atoms with E-state index in [4.69, 9.17) is 27.9 Å². The molecule has 1 rings (SSSR count). The standard InChI is InChI=1S/C13H20Cl2N2O3S/c1-3-4-16-9-10-7-13(12(15)8-11(10)14)21(18,19)17-5-6-20-2/h7-8,16-17H,3-6,9H2,1-2H3. The molecule has 0 aliphatic heterocycles. The van der Waals surface area contributed by atoms with Crippen molar-refractivity contribution in [2.24, 2.45) is 0 Å². The first-order chi connectivity index (χ1) is 9.92. The Morgan fingerprint density at radius 2 is 1.90 bits per heavy atom. The van der Waals surface area contributed by atoms with E-state index in [1.165, 1.54) is 19.2 Å². The average Bonchev–Trinajstić information content (AvgIpc) is 2.41. The molecule has 0 aliphatic carbocycles. The fourth-order valence-corrected chi connectivity index (χ4v) is 3.54. The molecule has 2 N–H and O–H groups in total. The number of sulfonamides is 1. The topological polar surface area (TPSA) is 67.4 Å². The Kier molecular flexibility index (Phi) is 7.94. The maximum absolute atomic E-state index is 12.2.